The molecule has 2 unspecified atom stereocenters. The molecular weight excluding hydrogens is 703 g/mol. The number of nitrogens with one attached hydrogen (secondary N) is 2. The first-order valence-corrected chi connectivity index (χ1v) is 20.4. The molecule has 2 aliphatic rings. The monoisotopic (exact) mass is 743 g/mol. The Kier molecular flexibility index (Phi) is 7.18. The summed E-state index contributed by atoms with van der Waals surface area (Å²) >= 11 is 0. The number of anilines is 1. The smallest absolute Gasteiger partial charge is 0.104 e. The molecule has 2 heterocycles. The molecule has 0 amide bonds. The number of hydrogen-bond acceptors (Lipinski definition) is 2. The quantitative estimate of drug-likeness (QED) is 0.176. The zero-order chi connectivity index (χ0) is 38.5. The summed E-state index contributed by atoms with van der Waals surface area (Å²) in [4.78, 5) is 0. The Morgan fingerprint density at radius 1 is 0.483 bits per heavy atom. The number of nitrogens with zero attached hydrogens (tertiary/aromatic N) is 1. The molecule has 276 valence electrons. The van der Waals surface area contributed by atoms with Gasteiger partial charge in [0.1, 0.15) is 6.17 Å². The first kappa shape index (κ1) is 33.2. The summed E-state index contributed by atoms with van der Waals surface area (Å²) in [5.41, 5.74) is 16.3. The average molecular weight is 744 g/mol. The first-order valence-electron chi connectivity index (χ1n) is 20.4. The molecule has 3 nitrogen and oxygen atoms in total. The van der Waals surface area contributed by atoms with Gasteiger partial charge in [0.05, 0.1) is 17.1 Å². The third-order valence-corrected chi connectivity index (χ3v) is 13.0. The van der Waals surface area contributed by atoms with Crippen molar-refractivity contribution in [1.82, 2.24) is 9.88 Å². The minimum Gasteiger partial charge on any atom is -0.366 e. The van der Waals surface area contributed by atoms with E-state index in [1.165, 1.54) is 105 Å². The fourth-order valence-electron chi connectivity index (χ4n) is 10.5. The molecule has 0 saturated heterocycles. The van der Waals surface area contributed by atoms with Crippen LogP contribution in [0.5, 0.6) is 0 Å². The van der Waals surface area contributed by atoms with Crippen LogP contribution < -0.4 is 10.6 Å². The number of rotatable bonds is 4. The summed E-state index contributed by atoms with van der Waals surface area (Å²) in [5, 5.41) is 15.6. The average Bonchev–Trinajstić information content (AvgIpc) is 3.75. The van der Waals surface area contributed by atoms with Crippen LogP contribution in [-0.2, 0) is 5.41 Å². The van der Waals surface area contributed by atoms with Crippen molar-refractivity contribution in [3.05, 3.63) is 216 Å². The van der Waals surface area contributed by atoms with E-state index in [2.05, 4.69) is 217 Å². The Morgan fingerprint density at radius 2 is 1.16 bits per heavy atom. The van der Waals surface area contributed by atoms with E-state index >= 15 is 0 Å². The molecule has 1 aromatic heterocycles. The number of fused-ring (bicyclic) bond motifs is 13. The van der Waals surface area contributed by atoms with E-state index in [4.69, 9.17) is 0 Å². The third-order valence-electron chi connectivity index (χ3n) is 13.0. The molecule has 0 fully saturated rings. The van der Waals surface area contributed by atoms with Crippen molar-refractivity contribution in [2.45, 2.75) is 31.5 Å². The molecule has 58 heavy (non-hydrogen) atoms. The molecule has 9 aromatic carbocycles. The highest BCUT2D eigenvalue weighted by Gasteiger charge is 2.41. The SMILES string of the molecule is CC1(C)c2c(c3ccccc3c3ccccc23)-c2ccc3c4ccccc4n(-c4cccc(-c5ccc(C6Nc7ccccc7C(c7ccccc7)N6)cc5)c4)c3c21. The van der Waals surface area contributed by atoms with Crippen molar-refractivity contribution in [3.8, 4) is 27.9 Å². The van der Waals surface area contributed by atoms with Gasteiger partial charge in [0.25, 0.3) is 0 Å². The van der Waals surface area contributed by atoms with Crippen LogP contribution in [0.2, 0.25) is 0 Å². The van der Waals surface area contributed by atoms with Crippen molar-refractivity contribution < 1.29 is 0 Å². The molecule has 2 N–H and O–H groups in total. The van der Waals surface area contributed by atoms with Crippen molar-refractivity contribution in [2.75, 3.05) is 5.32 Å². The molecule has 3 heteroatoms. The van der Waals surface area contributed by atoms with Gasteiger partial charge in [-0.25, -0.2) is 0 Å². The predicted molar refractivity (Wildman–Crippen MR) is 243 cm³/mol. The number of benzene rings is 9. The molecular formula is C55H41N3. The zero-order valence-electron chi connectivity index (χ0n) is 32.5. The summed E-state index contributed by atoms with van der Waals surface area (Å²) < 4.78 is 2.54. The standard InChI is InChI=1S/C55H41N3/c1-55(2)50-43-23-9-7-20-40(43)39-19-6-8-22-42(39)49(50)46-32-31-44-41-21-11-13-26-48(41)58(53(44)51(46)55)38-18-14-17-37(33-38)34-27-29-36(30-28-34)54-56-47-25-12-10-24-45(47)52(57-54)35-15-4-3-5-16-35/h3-33,52,54,56-57H,1-2H3. The van der Waals surface area contributed by atoms with Crippen LogP contribution in [-0.4, -0.2) is 4.57 Å². The van der Waals surface area contributed by atoms with Crippen LogP contribution in [0.1, 0.15) is 53.9 Å². The van der Waals surface area contributed by atoms with Gasteiger partial charge in [-0.1, -0.05) is 178 Å². The van der Waals surface area contributed by atoms with Crippen molar-refractivity contribution in [1.29, 1.82) is 0 Å². The predicted octanol–water partition coefficient (Wildman–Crippen LogP) is 13.9. The Hall–Kier alpha value is -6.94. The fraction of sp³-hybridized carbons (Fsp3) is 0.0909. The Balaban J connectivity index is 0.989. The summed E-state index contributed by atoms with van der Waals surface area (Å²) in [5.74, 6) is 0. The summed E-state index contributed by atoms with van der Waals surface area (Å²) in [7, 11) is 0. The molecule has 2 atom stereocenters. The van der Waals surface area contributed by atoms with Gasteiger partial charge in [-0.05, 0) is 95.9 Å². The van der Waals surface area contributed by atoms with Gasteiger partial charge in [-0.2, -0.15) is 0 Å². The van der Waals surface area contributed by atoms with Gasteiger partial charge in [-0.3, -0.25) is 5.32 Å². The van der Waals surface area contributed by atoms with Crippen LogP contribution in [0.25, 0.3) is 71.3 Å². The van der Waals surface area contributed by atoms with E-state index in [9.17, 15) is 0 Å². The van der Waals surface area contributed by atoms with Gasteiger partial charge >= 0.3 is 0 Å². The van der Waals surface area contributed by atoms with Crippen molar-refractivity contribution in [2.24, 2.45) is 0 Å². The van der Waals surface area contributed by atoms with Gasteiger partial charge in [0.2, 0.25) is 0 Å². The highest BCUT2D eigenvalue weighted by molar-refractivity contribution is 6.21. The van der Waals surface area contributed by atoms with Crippen LogP contribution in [0, 0.1) is 0 Å². The number of para-hydroxylation sites is 2. The topological polar surface area (TPSA) is 29.0 Å². The Morgan fingerprint density at radius 3 is 1.97 bits per heavy atom. The first-order chi connectivity index (χ1) is 28.5. The van der Waals surface area contributed by atoms with Gasteiger partial charge in [-0.15, -0.1) is 0 Å². The van der Waals surface area contributed by atoms with Crippen LogP contribution in [0.3, 0.4) is 0 Å². The molecule has 10 aromatic rings. The van der Waals surface area contributed by atoms with E-state index in [-0.39, 0.29) is 17.6 Å². The maximum Gasteiger partial charge on any atom is 0.104 e. The molecule has 0 radical (unpaired) electrons. The van der Waals surface area contributed by atoms with Crippen LogP contribution in [0.15, 0.2) is 188 Å². The largest absolute Gasteiger partial charge is 0.366 e. The lowest BCUT2D eigenvalue weighted by Crippen LogP contribution is -2.37. The van der Waals surface area contributed by atoms with E-state index in [0.717, 1.165) is 0 Å². The molecule has 0 spiro atoms. The molecule has 12 rings (SSSR count). The Bertz CT molecular complexity index is 3260. The normalized spacial score (nSPS) is 16.7. The lowest BCUT2D eigenvalue weighted by molar-refractivity contribution is 0.506. The van der Waals surface area contributed by atoms with Crippen LogP contribution >= 0.6 is 0 Å². The molecule has 1 aliphatic carbocycles. The second-order valence-electron chi connectivity index (χ2n) is 16.6. The molecule has 0 bridgehead atoms. The lowest BCUT2D eigenvalue weighted by Gasteiger charge is -2.35. The minimum atomic E-state index is -0.241. The van der Waals surface area contributed by atoms with Crippen LogP contribution in [0.4, 0.5) is 5.69 Å². The number of hydrogen-bond donors (Lipinski definition) is 2. The second kappa shape index (κ2) is 12.5. The van der Waals surface area contributed by atoms with Crippen molar-refractivity contribution in [3.63, 3.8) is 0 Å². The van der Waals surface area contributed by atoms with Gasteiger partial charge in [0.15, 0.2) is 0 Å². The lowest BCUT2D eigenvalue weighted by atomic mass is 9.78. The highest BCUT2D eigenvalue weighted by atomic mass is 15.2. The van der Waals surface area contributed by atoms with E-state index in [1.807, 2.05) is 0 Å². The highest BCUT2D eigenvalue weighted by Crippen LogP contribution is 2.57. The summed E-state index contributed by atoms with van der Waals surface area (Å²) in [6.45, 7) is 4.88. The van der Waals surface area contributed by atoms with E-state index < -0.39 is 0 Å². The maximum atomic E-state index is 3.90. The second-order valence-corrected chi connectivity index (χ2v) is 16.6. The maximum absolute atomic E-state index is 3.90. The van der Waals surface area contributed by atoms with E-state index in [1.54, 1.807) is 0 Å². The Labute approximate surface area is 338 Å². The third kappa shape index (κ3) is 4.77. The minimum absolute atomic E-state index is 0.0260. The van der Waals surface area contributed by atoms with Gasteiger partial charge < -0.3 is 9.88 Å². The summed E-state index contributed by atoms with van der Waals surface area (Å²) in [6, 6.07) is 69.4. The molecule has 1 aliphatic heterocycles. The van der Waals surface area contributed by atoms with Crippen molar-refractivity contribution >= 4 is 49.0 Å². The number of aromatic nitrogens is 1. The molecule has 0 saturated carbocycles. The zero-order valence-corrected chi connectivity index (χ0v) is 32.5. The fourth-order valence-corrected chi connectivity index (χ4v) is 10.5. The van der Waals surface area contributed by atoms with Gasteiger partial charge in [0, 0.05) is 27.6 Å². The van der Waals surface area contributed by atoms with E-state index in [0.29, 0.717) is 0 Å². The summed E-state index contributed by atoms with van der Waals surface area (Å²) in [6.07, 6.45) is -0.0260.